The number of pyridine rings is 2. The number of hydrogen-bond acceptors (Lipinski definition) is 8. The summed E-state index contributed by atoms with van der Waals surface area (Å²) in [5, 5.41) is 12.0. The number of fused-ring (bicyclic) bond motifs is 1. The fourth-order valence-electron chi connectivity index (χ4n) is 5.52. The molecule has 1 saturated carbocycles. The molecule has 0 aromatic carbocycles. The summed E-state index contributed by atoms with van der Waals surface area (Å²) in [5.74, 6) is 2.41. The fourth-order valence-corrected chi connectivity index (χ4v) is 5.52. The molecule has 198 valence electrons. The SMILES string of the molecule is Cn1nccc1C1=CC(F)=C(Nc2cc(-c3nc(N4CCNCC4)c4c(C5CC5)cncc4n3)ccn2)CC1. The van der Waals surface area contributed by atoms with Gasteiger partial charge in [0.2, 0.25) is 0 Å². The van der Waals surface area contributed by atoms with Gasteiger partial charge in [0.15, 0.2) is 5.82 Å². The Morgan fingerprint density at radius 1 is 1.05 bits per heavy atom. The molecule has 0 amide bonds. The van der Waals surface area contributed by atoms with Crippen molar-refractivity contribution in [3.63, 3.8) is 0 Å². The second-order valence-corrected chi connectivity index (χ2v) is 10.4. The predicted octanol–water partition coefficient (Wildman–Crippen LogP) is 4.58. The summed E-state index contributed by atoms with van der Waals surface area (Å²) in [6.07, 6.45) is 12.5. The van der Waals surface area contributed by atoms with Crippen LogP contribution in [0.5, 0.6) is 0 Å². The van der Waals surface area contributed by atoms with Crippen molar-refractivity contribution < 1.29 is 4.39 Å². The van der Waals surface area contributed by atoms with Crippen molar-refractivity contribution in [2.75, 3.05) is 36.4 Å². The zero-order chi connectivity index (χ0) is 26.3. The first-order chi connectivity index (χ1) is 19.1. The summed E-state index contributed by atoms with van der Waals surface area (Å²) >= 11 is 0. The molecular weight excluding hydrogens is 493 g/mol. The molecule has 0 atom stereocenters. The maximum atomic E-state index is 15.1. The molecule has 1 saturated heterocycles. The molecule has 2 aliphatic carbocycles. The number of nitrogens with one attached hydrogen (secondary N) is 2. The second kappa shape index (κ2) is 9.85. The molecule has 4 aromatic rings. The highest BCUT2D eigenvalue weighted by atomic mass is 19.1. The van der Waals surface area contributed by atoms with Crippen molar-refractivity contribution in [2.24, 2.45) is 7.05 Å². The zero-order valence-electron chi connectivity index (χ0n) is 21.9. The Morgan fingerprint density at radius 3 is 2.69 bits per heavy atom. The van der Waals surface area contributed by atoms with Gasteiger partial charge in [-0.1, -0.05) is 0 Å². The van der Waals surface area contributed by atoms with Crippen molar-refractivity contribution in [3.8, 4) is 11.4 Å². The summed E-state index contributed by atoms with van der Waals surface area (Å²) in [6, 6.07) is 5.70. The number of hydrogen-bond donors (Lipinski definition) is 2. The summed E-state index contributed by atoms with van der Waals surface area (Å²) in [4.78, 5) is 21.4. The molecule has 5 heterocycles. The normalized spacial score (nSPS) is 18.0. The lowest BCUT2D eigenvalue weighted by Crippen LogP contribution is -2.44. The van der Waals surface area contributed by atoms with E-state index < -0.39 is 0 Å². The first kappa shape index (κ1) is 23.9. The zero-order valence-corrected chi connectivity index (χ0v) is 21.9. The number of allylic oxidation sites excluding steroid dienone is 4. The van der Waals surface area contributed by atoms with Crippen LogP contribution in [0.3, 0.4) is 0 Å². The molecule has 0 bridgehead atoms. The van der Waals surface area contributed by atoms with Crippen molar-refractivity contribution in [2.45, 2.75) is 31.6 Å². The third-order valence-corrected chi connectivity index (χ3v) is 7.73. The first-order valence-electron chi connectivity index (χ1n) is 13.6. The lowest BCUT2D eigenvalue weighted by molar-refractivity contribution is 0.586. The van der Waals surface area contributed by atoms with Crippen LogP contribution >= 0.6 is 0 Å². The number of rotatable bonds is 6. The molecule has 3 aliphatic rings. The van der Waals surface area contributed by atoms with E-state index in [4.69, 9.17) is 9.97 Å². The van der Waals surface area contributed by atoms with E-state index in [9.17, 15) is 0 Å². The molecule has 0 spiro atoms. The van der Waals surface area contributed by atoms with Gasteiger partial charge in [0.25, 0.3) is 0 Å². The van der Waals surface area contributed by atoms with Gasteiger partial charge in [0.1, 0.15) is 17.5 Å². The Kier molecular flexibility index (Phi) is 6.04. The first-order valence-corrected chi connectivity index (χ1v) is 13.6. The van der Waals surface area contributed by atoms with Crippen molar-refractivity contribution >= 4 is 28.1 Å². The highest BCUT2D eigenvalue weighted by Gasteiger charge is 2.29. The topological polar surface area (TPSA) is 96.7 Å². The van der Waals surface area contributed by atoms with E-state index in [-0.39, 0.29) is 5.83 Å². The quantitative estimate of drug-likeness (QED) is 0.379. The van der Waals surface area contributed by atoms with E-state index in [1.807, 2.05) is 37.6 Å². The van der Waals surface area contributed by atoms with Gasteiger partial charge in [-0.3, -0.25) is 9.67 Å². The van der Waals surface area contributed by atoms with E-state index in [1.54, 1.807) is 23.2 Å². The van der Waals surface area contributed by atoms with Crippen LogP contribution in [0.15, 0.2) is 60.6 Å². The molecule has 9 nitrogen and oxygen atoms in total. The van der Waals surface area contributed by atoms with Gasteiger partial charge in [-0.15, -0.1) is 0 Å². The van der Waals surface area contributed by atoms with E-state index >= 15 is 4.39 Å². The third-order valence-electron chi connectivity index (χ3n) is 7.73. The molecular formula is C29H30FN9. The molecule has 7 rings (SSSR count). The summed E-state index contributed by atoms with van der Waals surface area (Å²) < 4.78 is 16.9. The number of aryl methyl sites for hydroxylation is 1. The third kappa shape index (κ3) is 4.65. The average Bonchev–Trinajstić information content (AvgIpc) is 3.73. The van der Waals surface area contributed by atoms with Crippen molar-refractivity contribution in [1.29, 1.82) is 0 Å². The van der Waals surface area contributed by atoms with Gasteiger partial charge in [0, 0.05) is 62.8 Å². The lowest BCUT2D eigenvalue weighted by Gasteiger charge is -2.30. The standard InChI is InChI=1S/C29H30FN9/c1-38-25(7-9-34-38)19-4-5-23(22(30)14-19)35-26-15-20(6-8-33-26)28-36-24-17-32-16-21(18-2-3-18)27(24)29(37-28)39-12-10-31-11-13-39/h6-9,14-18,31H,2-5,10-13H2,1H3,(H,33,35). The van der Waals surface area contributed by atoms with Crippen LogP contribution in [0, 0.1) is 0 Å². The number of piperazine rings is 1. The maximum absolute atomic E-state index is 15.1. The Morgan fingerprint density at radius 2 is 1.92 bits per heavy atom. The number of anilines is 2. The van der Waals surface area contributed by atoms with Gasteiger partial charge in [-0.2, -0.15) is 5.10 Å². The highest BCUT2D eigenvalue weighted by molar-refractivity contribution is 5.94. The van der Waals surface area contributed by atoms with Crippen LogP contribution in [0.4, 0.5) is 16.0 Å². The van der Waals surface area contributed by atoms with E-state index in [2.05, 4.69) is 30.6 Å². The van der Waals surface area contributed by atoms with E-state index in [1.165, 1.54) is 18.4 Å². The number of aromatic nitrogens is 6. The molecule has 1 aliphatic heterocycles. The minimum Gasteiger partial charge on any atom is -0.353 e. The Hall–Kier alpha value is -4.18. The molecule has 0 unspecified atom stereocenters. The van der Waals surface area contributed by atoms with Gasteiger partial charge in [-0.05, 0) is 67.0 Å². The Bertz CT molecular complexity index is 1610. The molecule has 4 aromatic heterocycles. The minimum atomic E-state index is -0.286. The monoisotopic (exact) mass is 523 g/mol. The molecule has 10 heteroatoms. The van der Waals surface area contributed by atoms with Crippen molar-refractivity contribution in [1.82, 2.24) is 35.0 Å². The van der Waals surface area contributed by atoms with Gasteiger partial charge in [0.05, 0.1) is 23.1 Å². The van der Waals surface area contributed by atoms with Crippen LogP contribution in [-0.4, -0.2) is 55.9 Å². The highest BCUT2D eigenvalue weighted by Crippen LogP contribution is 2.45. The van der Waals surface area contributed by atoms with E-state index in [0.29, 0.717) is 36.1 Å². The van der Waals surface area contributed by atoms with Crippen LogP contribution < -0.4 is 15.5 Å². The van der Waals surface area contributed by atoms with Gasteiger partial charge in [-0.25, -0.2) is 19.3 Å². The summed E-state index contributed by atoms with van der Waals surface area (Å²) in [5.41, 5.74) is 5.32. The molecule has 2 N–H and O–H groups in total. The summed E-state index contributed by atoms with van der Waals surface area (Å²) in [7, 11) is 1.87. The van der Waals surface area contributed by atoms with Crippen molar-refractivity contribution in [3.05, 3.63) is 71.8 Å². The lowest BCUT2D eigenvalue weighted by atomic mass is 9.99. The van der Waals surface area contributed by atoms with Crippen LogP contribution in [0.1, 0.15) is 42.9 Å². The predicted molar refractivity (Wildman–Crippen MR) is 150 cm³/mol. The van der Waals surface area contributed by atoms with Crippen LogP contribution in [0.25, 0.3) is 27.9 Å². The second-order valence-electron chi connectivity index (χ2n) is 10.4. The average molecular weight is 524 g/mol. The minimum absolute atomic E-state index is 0.286. The molecule has 39 heavy (non-hydrogen) atoms. The largest absolute Gasteiger partial charge is 0.353 e. The maximum Gasteiger partial charge on any atom is 0.162 e. The summed E-state index contributed by atoms with van der Waals surface area (Å²) in [6.45, 7) is 3.63. The molecule has 2 fully saturated rings. The van der Waals surface area contributed by atoms with Crippen LogP contribution in [-0.2, 0) is 7.05 Å². The Balaban J connectivity index is 1.23. The molecule has 0 radical (unpaired) electrons. The van der Waals surface area contributed by atoms with Gasteiger partial charge >= 0.3 is 0 Å². The fraction of sp³-hybridized carbons (Fsp3) is 0.345. The van der Waals surface area contributed by atoms with Crippen LogP contribution in [0.2, 0.25) is 0 Å². The number of nitrogens with zero attached hydrogens (tertiary/aromatic N) is 7. The van der Waals surface area contributed by atoms with E-state index in [0.717, 1.165) is 59.7 Å². The van der Waals surface area contributed by atoms with Gasteiger partial charge < -0.3 is 15.5 Å². The Labute approximate surface area is 225 Å². The smallest absolute Gasteiger partial charge is 0.162 e. The number of halogens is 1.